The lowest BCUT2D eigenvalue weighted by molar-refractivity contribution is 0.0993. The summed E-state index contributed by atoms with van der Waals surface area (Å²) < 4.78 is 24.1. The number of carbonyl (C=O) groups is 1. The first-order valence-electron chi connectivity index (χ1n) is 9.63. The van der Waals surface area contributed by atoms with Gasteiger partial charge >= 0.3 is 0 Å². The second-order valence-corrected chi connectivity index (χ2v) is 10.6. The van der Waals surface area contributed by atoms with Crippen LogP contribution < -0.4 is 0 Å². The van der Waals surface area contributed by atoms with E-state index in [1.165, 1.54) is 23.1 Å². The molecule has 27 heavy (non-hydrogen) atoms. The van der Waals surface area contributed by atoms with Crippen LogP contribution in [0.2, 0.25) is 0 Å². The smallest absolute Gasteiger partial charge is 0.167 e. The van der Waals surface area contributed by atoms with Gasteiger partial charge in [-0.3, -0.25) is 4.79 Å². The van der Waals surface area contributed by atoms with Gasteiger partial charge in [-0.05, 0) is 67.3 Å². The van der Waals surface area contributed by atoms with Crippen LogP contribution in [0.4, 0.5) is 0 Å². The summed E-state index contributed by atoms with van der Waals surface area (Å²) in [5, 5.41) is -0.399. The highest BCUT2D eigenvalue weighted by atomic mass is 32.2. The van der Waals surface area contributed by atoms with E-state index in [0.717, 1.165) is 17.5 Å². The van der Waals surface area contributed by atoms with Gasteiger partial charge in [0.25, 0.3) is 0 Å². The highest BCUT2D eigenvalue weighted by Crippen LogP contribution is 2.36. The predicted molar refractivity (Wildman–Crippen MR) is 110 cm³/mol. The summed E-state index contributed by atoms with van der Waals surface area (Å²) in [6.45, 7) is 7.78. The number of hydrogen-bond acceptors (Lipinski definition) is 3. The first-order chi connectivity index (χ1) is 12.7. The van der Waals surface area contributed by atoms with E-state index >= 15 is 0 Å². The molecule has 0 amide bonds. The van der Waals surface area contributed by atoms with E-state index in [2.05, 4.69) is 26.0 Å². The molecule has 0 heterocycles. The third-order valence-corrected chi connectivity index (χ3v) is 7.77. The summed E-state index contributed by atoms with van der Waals surface area (Å²) in [7, 11) is -3.13. The average molecular weight is 385 g/mol. The first kappa shape index (κ1) is 19.8. The zero-order valence-corrected chi connectivity index (χ0v) is 17.4. The molecule has 0 radical (unpaired) electrons. The maximum atomic E-state index is 12.7. The van der Waals surface area contributed by atoms with Crippen molar-refractivity contribution in [2.24, 2.45) is 0 Å². The summed E-state index contributed by atoms with van der Waals surface area (Å²) in [6, 6.07) is 11.3. The zero-order valence-electron chi connectivity index (χ0n) is 16.6. The van der Waals surface area contributed by atoms with Crippen LogP contribution in [-0.4, -0.2) is 19.5 Å². The first-order valence-corrected chi connectivity index (χ1v) is 11.3. The Morgan fingerprint density at radius 1 is 1.11 bits per heavy atom. The number of rotatable bonds is 6. The largest absolute Gasteiger partial charge is 0.294 e. The second-order valence-electron chi connectivity index (χ2n) is 8.08. The van der Waals surface area contributed by atoms with Gasteiger partial charge in [-0.15, -0.1) is 0 Å². The van der Waals surface area contributed by atoms with E-state index in [-0.39, 0.29) is 11.5 Å². The van der Waals surface area contributed by atoms with Gasteiger partial charge in [0.15, 0.2) is 15.6 Å². The second kappa shape index (κ2) is 7.59. The minimum atomic E-state index is -3.13. The maximum Gasteiger partial charge on any atom is 0.167 e. The Labute approximate surface area is 162 Å². The van der Waals surface area contributed by atoms with Crippen LogP contribution in [0.3, 0.4) is 0 Å². The van der Waals surface area contributed by atoms with Crippen LogP contribution in [0.5, 0.6) is 0 Å². The molecule has 0 aromatic heterocycles. The van der Waals surface area contributed by atoms with E-state index in [4.69, 9.17) is 0 Å². The highest BCUT2D eigenvalue weighted by molar-refractivity contribution is 7.91. The van der Waals surface area contributed by atoms with E-state index in [1.54, 1.807) is 38.1 Å². The van der Waals surface area contributed by atoms with Crippen LogP contribution >= 0.6 is 0 Å². The molecule has 2 aromatic carbocycles. The van der Waals surface area contributed by atoms with E-state index in [0.29, 0.717) is 17.9 Å². The summed E-state index contributed by atoms with van der Waals surface area (Å²) in [6.07, 6.45) is 2.67. The maximum absolute atomic E-state index is 12.7. The fourth-order valence-corrected chi connectivity index (χ4v) is 4.95. The number of hydrogen-bond donors (Lipinski definition) is 0. The van der Waals surface area contributed by atoms with Crippen molar-refractivity contribution < 1.29 is 13.2 Å². The number of carbonyl (C=O) groups excluding carboxylic acids is 1. The number of fused-ring (bicyclic) bond motifs is 1. The van der Waals surface area contributed by atoms with Crippen molar-refractivity contribution in [3.05, 3.63) is 69.8 Å². The molecule has 1 aliphatic carbocycles. The monoisotopic (exact) mass is 384 g/mol. The molecule has 0 saturated carbocycles. The summed E-state index contributed by atoms with van der Waals surface area (Å²) in [5.74, 6) is 0.694. The summed E-state index contributed by atoms with van der Waals surface area (Å²) in [4.78, 5) is 12.7. The third kappa shape index (κ3) is 4.32. The minimum Gasteiger partial charge on any atom is -0.294 e. The topological polar surface area (TPSA) is 51.2 Å². The molecule has 0 spiro atoms. The number of sulfone groups is 1. The SMILES string of the molecule is Cc1cc(CC(=O)c2ccc(CS(=O)(=O)C(C)C)cc2)cc2c1C(C)CC2. The number of ketones is 1. The van der Waals surface area contributed by atoms with Crippen molar-refractivity contribution in [3.8, 4) is 0 Å². The van der Waals surface area contributed by atoms with Crippen molar-refractivity contribution in [1.29, 1.82) is 0 Å². The molecule has 0 bridgehead atoms. The highest BCUT2D eigenvalue weighted by Gasteiger charge is 2.22. The molecular weight excluding hydrogens is 356 g/mol. The standard InChI is InChI=1S/C23H28O3S/c1-15(2)27(25,26)14-18-6-9-20(10-7-18)22(24)13-19-11-17(4)23-16(3)5-8-21(23)12-19/h6-7,9-12,15-16H,5,8,13-14H2,1-4H3. The Morgan fingerprint density at radius 3 is 2.41 bits per heavy atom. The van der Waals surface area contributed by atoms with E-state index < -0.39 is 15.1 Å². The van der Waals surface area contributed by atoms with Crippen LogP contribution in [0.1, 0.15) is 71.3 Å². The van der Waals surface area contributed by atoms with Gasteiger partial charge in [-0.25, -0.2) is 8.42 Å². The Bertz CT molecular complexity index is 954. The van der Waals surface area contributed by atoms with Crippen LogP contribution in [0.25, 0.3) is 0 Å². The summed E-state index contributed by atoms with van der Waals surface area (Å²) >= 11 is 0. The molecule has 2 aromatic rings. The van der Waals surface area contributed by atoms with Crippen LogP contribution in [0, 0.1) is 6.92 Å². The van der Waals surface area contributed by atoms with Crippen molar-refractivity contribution in [2.75, 3.05) is 0 Å². The molecule has 0 aliphatic heterocycles. The molecule has 3 nitrogen and oxygen atoms in total. The van der Waals surface area contributed by atoms with Crippen molar-refractivity contribution in [3.63, 3.8) is 0 Å². The predicted octanol–water partition coefficient (Wildman–Crippen LogP) is 4.79. The zero-order chi connectivity index (χ0) is 19.8. The van der Waals surface area contributed by atoms with E-state index in [1.807, 2.05) is 0 Å². The Kier molecular flexibility index (Phi) is 5.57. The van der Waals surface area contributed by atoms with Gasteiger partial charge in [0.2, 0.25) is 0 Å². The molecule has 1 unspecified atom stereocenters. The molecule has 0 N–H and O–H groups in total. The van der Waals surface area contributed by atoms with Crippen molar-refractivity contribution >= 4 is 15.6 Å². The van der Waals surface area contributed by atoms with Gasteiger partial charge in [0, 0.05) is 12.0 Å². The van der Waals surface area contributed by atoms with Gasteiger partial charge in [-0.1, -0.05) is 43.3 Å². The quantitative estimate of drug-likeness (QED) is 0.673. The minimum absolute atomic E-state index is 0.0152. The Balaban J connectivity index is 1.73. The van der Waals surface area contributed by atoms with Gasteiger partial charge in [0.1, 0.15) is 0 Å². The average Bonchev–Trinajstić information content (AvgIpc) is 2.96. The Hall–Kier alpha value is -1.94. The van der Waals surface area contributed by atoms with Gasteiger partial charge < -0.3 is 0 Å². The van der Waals surface area contributed by atoms with Crippen molar-refractivity contribution in [2.45, 2.75) is 63.9 Å². The molecule has 0 fully saturated rings. The lowest BCUT2D eigenvalue weighted by atomic mass is 9.93. The van der Waals surface area contributed by atoms with Gasteiger partial charge in [-0.2, -0.15) is 0 Å². The molecule has 1 atom stereocenters. The normalized spacial score (nSPS) is 16.6. The number of Topliss-reactive ketones (excluding diaryl/α,β-unsaturated/α-hetero) is 1. The molecule has 0 saturated heterocycles. The third-order valence-electron chi connectivity index (χ3n) is 5.60. The van der Waals surface area contributed by atoms with Crippen LogP contribution in [0.15, 0.2) is 36.4 Å². The van der Waals surface area contributed by atoms with Crippen LogP contribution in [-0.2, 0) is 28.4 Å². The fourth-order valence-electron chi connectivity index (χ4n) is 3.96. The lowest BCUT2D eigenvalue weighted by Crippen LogP contribution is -2.16. The molecule has 4 heteroatoms. The van der Waals surface area contributed by atoms with E-state index in [9.17, 15) is 13.2 Å². The molecule has 1 aliphatic rings. The molecular formula is C23H28O3S. The number of benzene rings is 2. The summed E-state index contributed by atoms with van der Waals surface area (Å²) in [5.41, 5.74) is 6.56. The van der Waals surface area contributed by atoms with Gasteiger partial charge in [0.05, 0.1) is 11.0 Å². The van der Waals surface area contributed by atoms with Crippen molar-refractivity contribution in [1.82, 2.24) is 0 Å². The molecule has 3 rings (SSSR count). The lowest BCUT2D eigenvalue weighted by Gasteiger charge is -2.12. The molecule has 144 valence electrons. The number of aryl methyl sites for hydroxylation is 2. The fraction of sp³-hybridized carbons (Fsp3) is 0.435. The Morgan fingerprint density at radius 2 is 1.78 bits per heavy atom.